The fraction of sp³-hybridized carbons (Fsp3) is 0.179. The van der Waals surface area contributed by atoms with Gasteiger partial charge in [-0.15, -0.1) is 0 Å². The van der Waals surface area contributed by atoms with E-state index in [1.54, 1.807) is 29.2 Å². The van der Waals surface area contributed by atoms with Gasteiger partial charge in [0.1, 0.15) is 11.4 Å². The highest BCUT2D eigenvalue weighted by Crippen LogP contribution is 2.44. The number of piperidine rings is 1. The number of halogens is 2. The Labute approximate surface area is 210 Å². The molecule has 6 rings (SSSR count). The molecule has 1 fully saturated rings. The molecule has 1 amide bonds. The molecule has 6 nitrogen and oxygen atoms in total. The number of likely N-dealkylation sites (tertiary alicyclic amines) is 1. The first kappa shape index (κ1) is 22.5. The van der Waals surface area contributed by atoms with Crippen LogP contribution in [0.2, 0.25) is 5.02 Å². The Morgan fingerprint density at radius 1 is 0.944 bits per heavy atom. The summed E-state index contributed by atoms with van der Waals surface area (Å²) in [5, 5.41) is 0.988. The van der Waals surface area contributed by atoms with E-state index in [2.05, 4.69) is 0 Å². The SMILES string of the molecule is O=C1OC2(CCN(C(=O)c3cn(C(=O)c4cccc(F)c4)c4cc(Cl)ccc34)CC2)c2ccccc21. The molecule has 0 unspecified atom stereocenters. The van der Waals surface area contributed by atoms with Crippen LogP contribution >= 0.6 is 11.6 Å². The van der Waals surface area contributed by atoms with Crippen molar-refractivity contribution < 1.29 is 23.5 Å². The molecule has 3 aromatic carbocycles. The predicted octanol–water partition coefficient (Wildman–Crippen LogP) is 5.42. The quantitative estimate of drug-likeness (QED) is 0.343. The first-order chi connectivity index (χ1) is 17.4. The maximum atomic E-state index is 13.8. The molecule has 1 aromatic heterocycles. The molecule has 2 aliphatic heterocycles. The van der Waals surface area contributed by atoms with Gasteiger partial charge in [-0.1, -0.05) is 41.9 Å². The molecule has 3 heterocycles. The summed E-state index contributed by atoms with van der Waals surface area (Å²) >= 11 is 6.21. The summed E-state index contributed by atoms with van der Waals surface area (Å²) in [6, 6.07) is 17.8. The van der Waals surface area contributed by atoms with Crippen LogP contribution in [0.4, 0.5) is 4.39 Å². The molecular formula is C28H20ClFN2O4. The molecule has 0 atom stereocenters. The first-order valence-corrected chi connectivity index (χ1v) is 12.0. The number of carbonyl (C=O) groups excluding carboxylic acids is 3. The monoisotopic (exact) mass is 502 g/mol. The molecule has 1 saturated heterocycles. The Bertz CT molecular complexity index is 1570. The molecule has 8 heteroatoms. The van der Waals surface area contributed by atoms with Crippen LogP contribution < -0.4 is 0 Å². The van der Waals surface area contributed by atoms with Gasteiger partial charge in [-0.2, -0.15) is 0 Å². The number of hydrogen-bond donors (Lipinski definition) is 0. The standard InChI is InChI=1S/C28H20ClFN2O4/c29-18-8-9-20-22(16-32(24(20)15-18)25(33)17-4-3-5-19(30)14-17)26(34)31-12-10-28(11-13-31)23-7-2-1-6-21(23)27(35)36-28/h1-9,14-16H,10-13H2. The number of fused-ring (bicyclic) bond motifs is 3. The van der Waals surface area contributed by atoms with Crippen LogP contribution in [-0.2, 0) is 10.3 Å². The van der Waals surface area contributed by atoms with Crippen LogP contribution in [0.25, 0.3) is 10.9 Å². The lowest BCUT2D eigenvalue weighted by Gasteiger charge is -2.38. The van der Waals surface area contributed by atoms with Crippen molar-refractivity contribution in [3.05, 3.63) is 106 Å². The minimum atomic E-state index is -0.723. The van der Waals surface area contributed by atoms with E-state index in [0.717, 1.165) is 11.6 Å². The molecule has 180 valence electrons. The Morgan fingerprint density at radius 3 is 2.50 bits per heavy atom. The smallest absolute Gasteiger partial charge is 0.339 e. The van der Waals surface area contributed by atoms with Crippen LogP contribution in [0.1, 0.15) is 49.5 Å². The van der Waals surface area contributed by atoms with Gasteiger partial charge in [-0.25, -0.2) is 9.18 Å². The number of ether oxygens (including phenoxy) is 1. The van der Waals surface area contributed by atoms with Crippen molar-refractivity contribution in [2.45, 2.75) is 18.4 Å². The van der Waals surface area contributed by atoms with Crippen molar-refractivity contribution in [2.24, 2.45) is 0 Å². The third-order valence-corrected chi connectivity index (χ3v) is 7.31. The molecule has 1 spiro atoms. The van der Waals surface area contributed by atoms with Gasteiger partial charge in [0.05, 0.1) is 16.6 Å². The van der Waals surface area contributed by atoms with Crippen LogP contribution in [0, 0.1) is 5.82 Å². The fourth-order valence-electron chi connectivity index (χ4n) is 5.26. The average molecular weight is 503 g/mol. The van der Waals surface area contributed by atoms with E-state index >= 15 is 0 Å². The minimum absolute atomic E-state index is 0.160. The predicted molar refractivity (Wildman–Crippen MR) is 132 cm³/mol. The first-order valence-electron chi connectivity index (χ1n) is 11.6. The van der Waals surface area contributed by atoms with Crippen LogP contribution in [0.3, 0.4) is 0 Å². The van der Waals surface area contributed by atoms with Crippen molar-refractivity contribution in [2.75, 3.05) is 13.1 Å². The molecule has 0 N–H and O–H groups in total. The van der Waals surface area contributed by atoms with E-state index in [0.29, 0.717) is 53.0 Å². The van der Waals surface area contributed by atoms with E-state index in [9.17, 15) is 18.8 Å². The minimum Gasteiger partial charge on any atom is -0.450 e. The van der Waals surface area contributed by atoms with Crippen molar-refractivity contribution in [1.82, 2.24) is 9.47 Å². The van der Waals surface area contributed by atoms with Crippen LogP contribution in [-0.4, -0.2) is 40.3 Å². The van der Waals surface area contributed by atoms with Gasteiger partial charge in [0.15, 0.2) is 0 Å². The molecule has 0 saturated carbocycles. The summed E-state index contributed by atoms with van der Waals surface area (Å²) in [6.45, 7) is 0.775. The zero-order chi connectivity index (χ0) is 25.0. The summed E-state index contributed by atoms with van der Waals surface area (Å²) in [7, 11) is 0. The number of rotatable bonds is 2. The Kier molecular flexibility index (Phi) is 5.19. The molecule has 0 aliphatic carbocycles. The number of amides is 1. The summed E-state index contributed by atoms with van der Waals surface area (Å²) in [5.41, 5.74) is 1.70. The van der Waals surface area contributed by atoms with Gasteiger partial charge in [0, 0.05) is 53.7 Å². The normalized spacial score (nSPS) is 16.3. The molecule has 2 aliphatic rings. The zero-order valence-corrected chi connectivity index (χ0v) is 19.8. The van der Waals surface area contributed by atoms with E-state index in [-0.39, 0.29) is 17.4 Å². The van der Waals surface area contributed by atoms with E-state index in [1.165, 1.54) is 29.0 Å². The third-order valence-electron chi connectivity index (χ3n) is 7.07. The van der Waals surface area contributed by atoms with E-state index in [1.807, 2.05) is 18.2 Å². The van der Waals surface area contributed by atoms with Gasteiger partial charge in [0.25, 0.3) is 11.8 Å². The van der Waals surface area contributed by atoms with Crippen LogP contribution in [0.5, 0.6) is 0 Å². The average Bonchev–Trinajstić information content (AvgIpc) is 3.39. The number of hydrogen-bond acceptors (Lipinski definition) is 4. The summed E-state index contributed by atoms with van der Waals surface area (Å²) in [4.78, 5) is 41.0. The second-order valence-electron chi connectivity index (χ2n) is 9.11. The zero-order valence-electron chi connectivity index (χ0n) is 19.0. The highest BCUT2D eigenvalue weighted by molar-refractivity contribution is 6.31. The van der Waals surface area contributed by atoms with Crippen LogP contribution in [0.15, 0.2) is 72.9 Å². The van der Waals surface area contributed by atoms with E-state index in [4.69, 9.17) is 16.3 Å². The topological polar surface area (TPSA) is 68.6 Å². The maximum absolute atomic E-state index is 13.8. The summed E-state index contributed by atoms with van der Waals surface area (Å²) in [6.07, 6.45) is 2.45. The van der Waals surface area contributed by atoms with Crippen molar-refractivity contribution in [3.8, 4) is 0 Å². The van der Waals surface area contributed by atoms with Crippen molar-refractivity contribution in [3.63, 3.8) is 0 Å². The second-order valence-corrected chi connectivity index (χ2v) is 9.55. The second kappa shape index (κ2) is 8.31. The lowest BCUT2D eigenvalue weighted by molar-refractivity contribution is -0.0389. The van der Waals surface area contributed by atoms with Gasteiger partial charge >= 0.3 is 5.97 Å². The van der Waals surface area contributed by atoms with E-state index < -0.39 is 17.3 Å². The Morgan fingerprint density at radius 2 is 1.72 bits per heavy atom. The number of benzene rings is 3. The maximum Gasteiger partial charge on any atom is 0.339 e. The summed E-state index contributed by atoms with van der Waals surface area (Å²) < 4.78 is 20.9. The largest absolute Gasteiger partial charge is 0.450 e. The molecule has 36 heavy (non-hydrogen) atoms. The van der Waals surface area contributed by atoms with Gasteiger partial charge in [0.2, 0.25) is 0 Å². The third kappa shape index (κ3) is 3.50. The molecule has 0 radical (unpaired) electrons. The molecular weight excluding hydrogens is 483 g/mol. The number of carbonyl (C=O) groups is 3. The summed E-state index contributed by atoms with van der Waals surface area (Å²) in [5.74, 6) is -1.56. The van der Waals surface area contributed by atoms with Crippen molar-refractivity contribution >= 4 is 40.3 Å². The number of esters is 1. The van der Waals surface area contributed by atoms with Gasteiger partial charge < -0.3 is 9.64 Å². The highest BCUT2D eigenvalue weighted by atomic mass is 35.5. The Balaban J connectivity index is 1.32. The number of nitrogens with zero attached hydrogens (tertiary/aromatic N) is 2. The van der Waals surface area contributed by atoms with Gasteiger partial charge in [-0.3, -0.25) is 14.2 Å². The lowest BCUT2D eigenvalue weighted by Crippen LogP contribution is -2.45. The molecule has 4 aromatic rings. The fourth-order valence-corrected chi connectivity index (χ4v) is 5.42. The van der Waals surface area contributed by atoms with Gasteiger partial charge in [-0.05, 0) is 36.4 Å². The van der Waals surface area contributed by atoms with Crippen molar-refractivity contribution in [1.29, 1.82) is 0 Å². The lowest BCUT2D eigenvalue weighted by atomic mass is 9.83. The Hall–Kier alpha value is -3.97. The highest BCUT2D eigenvalue weighted by Gasteiger charge is 2.47. The molecule has 0 bridgehead atoms. The number of aromatic nitrogens is 1.